The number of carbonyl (C=O) groups excluding carboxylic acids is 2. The molecule has 0 spiro atoms. The monoisotopic (exact) mass is 298 g/mol. The van der Waals surface area contributed by atoms with Crippen LogP contribution in [0.2, 0.25) is 0 Å². The molecule has 0 aromatic rings. The lowest BCUT2D eigenvalue weighted by molar-refractivity contribution is -0.178. The number of azide groups is 2. The Morgan fingerprint density at radius 2 is 1.43 bits per heavy atom. The van der Waals surface area contributed by atoms with Gasteiger partial charge in [-0.1, -0.05) is 10.2 Å². The van der Waals surface area contributed by atoms with Crippen molar-refractivity contribution >= 4 is 11.9 Å². The molecule has 0 saturated heterocycles. The Labute approximate surface area is 119 Å². The van der Waals surface area contributed by atoms with E-state index in [0.717, 1.165) is 13.8 Å². The number of aliphatic hydroxyl groups is 1. The maximum absolute atomic E-state index is 11.1. The van der Waals surface area contributed by atoms with E-state index < -0.39 is 42.3 Å². The smallest absolute Gasteiger partial charge is 0.303 e. The maximum atomic E-state index is 11.1. The SMILES string of the molecule is CC(=O)O[C@@H]1C(O)[C@H](OC(C)=O)[C@@H](N=[N+]=[N-])C[C@H]1N=[N+]=[N-]. The van der Waals surface area contributed by atoms with Crippen molar-refractivity contribution in [3.8, 4) is 0 Å². The van der Waals surface area contributed by atoms with Gasteiger partial charge in [0.2, 0.25) is 0 Å². The van der Waals surface area contributed by atoms with Crippen LogP contribution in [-0.4, -0.2) is 47.4 Å². The summed E-state index contributed by atoms with van der Waals surface area (Å²) in [6.45, 7) is 2.25. The number of hydrogen-bond donors (Lipinski definition) is 1. The first-order valence-corrected chi connectivity index (χ1v) is 6.01. The zero-order chi connectivity index (χ0) is 16.0. The van der Waals surface area contributed by atoms with Crippen molar-refractivity contribution in [2.45, 2.75) is 50.7 Å². The molecule has 1 N–H and O–H groups in total. The average Bonchev–Trinajstić information content (AvgIpc) is 2.38. The first-order chi connectivity index (χ1) is 9.90. The molecule has 1 aliphatic rings. The van der Waals surface area contributed by atoms with Gasteiger partial charge in [0.05, 0.1) is 12.1 Å². The van der Waals surface area contributed by atoms with Gasteiger partial charge in [-0.2, -0.15) is 0 Å². The molecule has 1 saturated carbocycles. The Bertz CT molecular complexity index is 468. The zero-order valence-corrected chi connectivity index (χ0v) is 11.4. The fourth-order valence-electron chi connectivity index (χ4n) is 2.20. The quantitative estimate of drug-likeness (QED) is 0.352. The molecule has 5 atom stereocenters. The summed E-state index contributed by atoms with van der Waals surface area (Å²) in [6.07, 6.45) is -3.88. The second kappa shape index (κ2) is 7.34. The van der Waals surface area contributed by atoms with Gasteiger partial charge in [0.25, 0.3) is 0 Å². The van der Waals surface area contributed by atoms with Crippen LogP contribution in [0.25, 0.3) is 20.9 Å². The minimum Gasteiger partial charge on any atom is -0.459 e. The molecule has 114 valence electrons. The van der Waals surface area contributed by atoms with E-state index >= 15 is 0 Å². The van der Waals surface area contributed by atoms with E-state index in [1.165, 1.54) is 0 Å². The van der Waals surface area contributed by atoms with Gasteiger partial charge in [-0.15, -0.1) is 0 Å². The fraction of sp³-hybridized carbons (Fsp3) is 0.800. The summed E-state index contributed by atoms with van der Waals surface area (Å²) in [5.41, 5.74) is 17.1. The van der Waals surface area contributed by atoms with Gasteiger partial charge in [-0.3, -0.25) is 9.59 Å². The van der Waals surface area contributed by atoms with Gasteiger partial charge in [0.1, 0.15) is 18.3 Å². The Morgan fingerprint density at radius 3 is 1.71 bits per heavy atom. The first kappa shape index (κ1) is 16.6. The van der Waals surface area contributed by atoms with E-state index in [-0.39, 0.29) is 6.42 Å². The Morgan fingerprint density at radius 1 is 1.05 bits per heavy atom. The van der Waals surface area contributed by atoms with Gasteiger partial charge in [0, 0.05) is 23.7 Å². The van der Waals surface area contributed by atoms with Gasteiger partial charge < -0.3 is 14.6 Å². The molecule has 11 nitrogen and oxygen atoms in total. The third kappa shape index (κ3) is 4.25. The zero-order valence-electron chi connectivity index (χ0n) is 11.4. The lowest BCUT2D eigenvalue weighted by atomic mass is 9.84. The highest BCUT2D eigenvalue weighted by Crippen LogP contribution is 2.30. The van der Waals surface area contributed by atoms with Crippen molar-refractivity contribution in [1.82, 2.24) is 0 Å². The van der Waals surface area contributed by atoms with Crippen LogP contribution in [0.3, 0.4) is 0 Å². The van der Waals surface area contributed by atoms with Crippen LogP contribution in [0.15, 0.2) is 10.2 Å². The van der Waals surface area contributed by atoms with Gasteiger partial charge in [-0.25, -0.2) is 0 Å². The van der Waals surface area contributed by atoms with Crippen LogP contribution >= 0.6 is 0 Å². The molecule has 1 rings (SSSR count). The van der Waals surface area contributed by atoms with Crippen LogP contribution in [-0.2, 0) is 19.1 Å². The van der Waals surface area contributed by atoms with Gasteiger partial charge >= 0.3 is 11.9 Å². The topological polar surface area (TPSA) is 170 Å². The average molecular weight is 298 g/mol. The number of hydrogen-bond acceptors (Lipinski definition) is 7. The van der Waals surface area contributed by atoms with Crippen LogP contribution in [0.5, 0.6) is 0 Å². The Balaban J connectivity index is 3.12. The number of ether oxygens (including phenoxy) is 2. The van der Waals surface area contributed by atoms with Crippen LogP contribution < -0.4 is 0 Å². The predicted molar refractivity (Wildman–Crippen MR) is 67.6 cm³/mol. The van der Waals surface area contributed by atoms with Crippen molar-refractivity contribution < 1.29 is 24.2 Å². The molecule has 0 aromatic heterocycles. The van der Waals surface area contributed by atoms with E-state index in [9.17, 15) is 14.7 Å². The van der Waals surface area contributed by atoms with E-state index in [1.54, 1.807) is 0 Å². The molecular formula is C10H14N6O5. The van der Waals surface area contributed by atoms with E-state index in [0.29, 0.717) is 0 Å². The lowest BCUT2D eigenvalue weighted by Gasteiger charge is -2.40. The second-order valence-corrected chi connectivity index (χ2v) is 4.42. The standard InChI is InChI=1S/C10H14N6O5/c1-4(17)20-9-6(13-15-11)3-7(14-16-12)10(8(9)19)21-5(2)18/h6-10,19H,3H2,1-2H3/t6-,7+,8?,9+,10-. The van der Waals surface area contributed by atoms with Crippen molar-refractivity contribution in [3.05, 3.63) is 20.9 Å². The Hall–Kier alpha value is -2.48. The van der Waals surface area contributed by atoms with Crippen LogP contribution in [0.1, 0.15) is 20.3 Å². The molecule has 0 heterocycles. The van der Waals surface area contributed by atoms with Crippen molar-refractivity contribution in [2.75, 3.05) is 0 Å². The Kier molecular flexibility index (Phi) is 5.79. The molecule has 1 fully saturated rings. The minimum absolute atomic E-state index is 0.0267. The number of aliphatic hydroxyl groups excluding tert-OH is 1. The summed E-state index contributed by atoms with van der Waals surface area (Å²) in [6, 6.07) is -1.87. The highest BCUT2D eigenvalue weighted by atomic mass is 16.6. The van der Waals surface area contributed by atoms with E-state index in [4.69, 9.17) is 20.5 Å². The van der Waals surface area contributed by atoms with Gasteiger partial charge in [-0.05, 0) is 17.5 Å². The van der Waals surface area contributed by atoms with Crippen molar-refractivity contribution in [2.24, 2.45) is 10.2 Å². The van der Waals surface area contributed by atoms with Crippen molar-refractivity contribution in [3.63, 3.8) is 0 Å². The highest BCUT2D eigenvalue weighted by Gasteiger charge is 2.47. The molecule has 1 aliphatic carbocycles. The number of nitrogens with zero attached hydrogens (tertiary/aromatic N) is 6. The van der Waals surface area contributed by atoms with E-state index in [2.05, 4.69) is 20.1 Å². The molecule has 21 heavy (non-hydrogen) atoms. The highest BCUT2D eigenvalue weighted by molar-refractivity contribution is 5.67. The molecule has 11 heteroatoms. The van der Waals surface area contributed by atoms with Gasteiger partial charge in [0.15, 0.2) is 0 Å². The van der Waals surface area contributed by atoms with Crippen LogP contribution in [0.4, 0.5) is 0 Å². The number of rotatable bonds is 4. The minimum atomic E-state index is -1.47. The van der Waals surface area contributed by atoms with Crippen molar-refractivity contribution in [1.29, 1.82) is 0 Å². The fourth-order valence-corrected chi connectivity index (χ4v) is 2.20. The summed E-state index contributed by atoms with van der Waals surface area (Å²) < 4.78 is 9.85. The molecule has 0 amide bonds. The predicted octanol–water partition coefficient (Wildman–Crippen LogP) is 0.972. The summed E-state index contributed by atoms with van der Waals surface area (Å²) in [4.78, 5) is 27.4. The third-order valence-electron chi connectivity index (χ3n) is 2.92. The van der Waals surface area contributed by atoms with Crippen LogP contribution in [0, 0.1) is 0 Å². The largest absolute Gasteiger partial charge is 0.459 e. The molecule has 0 aromatic carbocycles. The summed E-state index contributed by atoms with van der Waals surface area (Å²) in [7, 11) is 0. The molecule has 1 unspecified atom stereocenters. The molecular weight excluding hydrogens is 284 g/mol. The number of carbonyl (C=O) groups is 2. The normalized spacial score (nSPS) is 31.3. The first-order valence-electron chi connectivity index (χ1n) is 6.01. The summed E-state index contributed by atoms with van der Waals surface area (Å²) >= 11 is 0. The maximum Gasteiger partial charge on any atom is 0.303 e. The third-order valence-corrected chi connectivity index (χ3v) is 2.92. The molecule has 0 aliphatic heterocycles. The lowest BCUT2D eigenvalue weighted by Crippen LogP contribution is -2.57. The summed E-state index contributed by atoms with van der Waals surface area (Å²) in [5, 5.41) is 17.1. The molecule has 0 bridgehead atoms. The summed E-state index contributed by atoms with van der Waals surface area (Å²) in [5.74, 6) is -1.39. The molecule has 0 radical (unpaired) electrons. The number of esters is 2. The second-order valence-electron chi connectivity index (χ2n) is 4.42. The van der Waals surface area contributed by atoms with E-state index in [1.807, 2.05) is 0 Å².